The predicted molar refractivity (Wildman–Crippen MR) is 77.8 cm³/mol. The van der Waals surface area contributed by atoms with Gasteiger partial charge in [-0.05, 0) is 60.0 Å². The van der Waals surface area contributed by atoms with E-state index in [-0.39, 0.29) is 0 Å². The number of rotatable bonds is 3. The SMILES string of the molecule is C[C@@H]1CCCN(Cc2nnnn2-c2ccc(Cl)cc2)C1. The van der Waals surface area contributed by atoms with Crippen molar-refractivity contribution >= 4 is 11.6 Å². The topological polar surface area (TPSA) is 46.8 Å². The molecule has 0 bridgehead atoms. The summed E-state index contributed by atoms with van der Waals surface area (Å²) < 4.78 is 1.79. The molecule has 0 N–H and O–H groups in total. The number of tetrazole rings is 1. The highest BCUT2D eigenvalue weighted by atomic mass is 35.5. The summed E-state index contributed by atoms with van der Waals surface area (Å²) in [4.78, 5) is 2.42. The molecule has 0 unspecified atom stereocenters. The lowest BCUT2D eigenvalue weighted by Gasteiger charge is -2.30. The Bertz CT molecular complexity index is 565. The second kappa shape index (κ2) is 5.89. The predicted octanol–water partition coefficient (Wildman–Crippen LogP) is 2.55. The lowest BCUT2D eigenvalue weighted by Crippen LogP contribution is -2.34. The van der Waals surface area contributed by atoms with Crippen molar-refractivity contribution in [3.05, 3.63) is 35.1 Å². The summed E-state index contributed by atoms with van der Waals surface area (Å²) in [6.07, 6.45) is 2.57. The molecule has 0 spiro atoms. The maximum absolute atomic E-state index is 5.92. The van der Waals surface area contributed by atoms with Gasteiger partial charge in [0.1, 0.15) is 0 Å². The number of likely N-dealkylation sites (tertiary alicyclic amines) is 1. The highest BCUT2D eigenvalue weighted by Crippen LogP contribution is 2.18. The molecule has 1 saturated heterocycles. The average molecular weight is 292 g/mol. The molecule has 5 nitrogen and oxygen atoms in total. The summed E-state index contributed by atoms with van der Waals surface area (Å²) in [5.74, 6) is 1.63. The van der Waals surface area contributed by atoms with Gasteiger partial charge in [0.2, 0.25) is 0 Å². The molecule has 2 aromatic rings. The first-order valence-electron chi connectivity index (χ1n) is 6.98. The van der Waals surface area contributed by atoms with Gasteiger partial charge in [0.25, 0.3) is 0 Å². The van der Waals surface area contributed by atoms with Crippen molar-refractivity contribution in [1.29, 1.82) is 0 Å². The molecule has 0 saturated carbocycles. The van der Waals surface area contributed by atoms with Crippen LogP contribution in [0, 0.1) is 5.92 Å². The number of nitrogens with zero attached hydrogens (tertiary/aromatic N) is 5. The van der Waals surface area contributed by atoms with Crippen molar-refractivity contribution in [3.63, 3.8) is 0 Å². The molecule has 1 aromatic carbocycles. The Morgan fingerprint density at radius 3 is 2.85 bits per heavy atom. The third-order valence-electron chi connectivity index (χ3n) is 3.71. The van der Waals surface area contributed by atoms with Crippen molar-refractivity contribution in [2.24, 2.45) is 5.92 Å². The molecule has 6 heteroatoms. The van der Waals surface area contributed by atoms with E-state index in [0.717, 1.165) is 37.1 Å². The van der Waals surface area contributed by atoms with Gasteiger partial charge in [-0.2, -0.15) is 4.68 Å². The van der Waals surface area contributed by atoms with Crippen LogP contribution >= 0.6 is 11.6 Å². The van der Waals surface area contributed by atoms with Crippen LogP contribution in [0.5, 0.6) is 0 Å². The molecule has 1 fully saturated rings. The van der Waals surface area contributed by atoms with E-state index in [0.29, 0.717) is 5.02 Å². The van der Waals surface area contributed by atoms with E-state index in [4.69, 9.17) is 11.6 Å². The first-order chi connectivity index (χ1) is 9.72. The number of benzene rings is 1. The minimum atomic E-state index is 0.716. The molecule has 106 valence electrons. The van der Waals surface area contributed by atoms with Crippen LogP contribution in [0.4, 0.5) is 0 Å². The standard InChI is InChI=1S/C14H18ClN5/c1-11-3-2-8-19(9-11)10-14-16-17-18-20(14)13-6-4-12(15)5-7-13/h4-7,11H,2-3,8-10H2,1H3/t11-/m1/s1. The largest absolute Gasteiger partial charge is 0.296 e. The molecule has 2 heterocycles. The minimum absolute atomic E-state index is 0.716. The van der Waals surface area contributed by atoms with Gasteiger partial charge >= 0.3 is 0 Å². The monoisotopic (exact) mass is 291 g/mol. The zero-order chi connectivity index (χ0) is 13.9. The second-order valence-corrected chi connectivity index (χ2v) is 5.90. The molecule has 1 aliphatic rings. The fraction of sp³-hybridized carbons (Fsp3) is 0.500. The average Bonchev–Trinajstić information content (AvgIpc) is 2.88. The van der Waals surface area contributed by atoms with Crippen LogP contribution in [0.2, 0.25) is 5.02 Å². The van der Waals surface area contributed by atoms with E-state index in [1.807, 2.05) is 24.3 Å². The van der Waals surface area contributed by atoms with Crippen LogP contribution < -0.4 is 0 Å². The van der Waals surface area contributed by atoms with Crippen molar-refractivity contribution < 1.29 is 0 Å². The molecule has 0 amide bonds. The number of piperidine rings is 1. The molecular weight excluding hydrogens is 274 g/mol. The zero-order valence-corrected chi connectivity index (χ0v) is 12.3. The fourth-order valence-corrected chi connectivity index (χ4v) is 2.84. The van der Waals surface area contributed by atoms with Gasteiger partial charge < -0.3 is 0 Å². The molecular formula is C14H18ClN5. The van der Waals surface area contributed by atoms with Crippen LogP contribution in [-0.2, 0) is 6.54 Å². The Morgan fingerprint density at radius 2 is 2.10 bits per heavy atom. The van der Waals surface area contributed by atoms with Crippen molar-refractivity contribution in [1.82, 2.24) is 25.1 Å². The van der Waals surface area contributed by atoms with Gasteiger partial charge in [0.15, 0.2) is 5.82 Å². The van der Waals surface area contributed by atoms with Crippen LogP contribution in [0.25, 0.3) is 5.69 Å². The molecule has 1 aliphatic heterocycles. The normalized spacial score (nSPS) is 20.2. The fourth-order valence-electron chi connectivity index (χ4n) is 2.72. The third kappa shape index (κ3) is 2.99. The quantitative estimate of drug-likeness (QED) is 0.872. The summed E-state index contributed by atoms with van der Waals surface area (Å²) in [5.41, 5.74) is 0.944. The van der Waals surface area contributed by atoms with E-state index in [2.05, 4.69) is 27.3 Å². The summed E-state index contributed by atoms with van der Waals surface area (Å²) >= 11 is 5.92. The molecule has 0 aliphatic carbocycles. The zero-order valence-electron chi connectivity index (χ0n) is 11.5. The Labute approximate surface area is 123 Å². The van der Waals surface area contributed by atoms with Crippen LogP contribution in [0.1, 0.15) is 25.6 Å². The second-order valence-electron chi connectivity index (χ2n) is 5.47. The summed E-state index contributed by atoms with van der Waals surface area (Å²) in [7, 11) is 0. The number of aromatic nitrogens is 4. The van der Waals surface area contributed by atoms with E-state index in [1.165, 1.54) is 12.8 Å². The number of halogens is 1. The summed E-state index contributed by atoms with van der Waals surface area (Å²) in [6.45, 7) is 5.33. The van der Waals surface area contributed by atoms with Gasteiger partial charge in [0.05, 0.1) is 12.2 Å². The molecule has 3 rings (SSSR count). The van der Waals surface area contributed by atoms with Gasteiger partial charge in [-0.3, -0.25) is 4.90 Å². The van der Waals surface area contributed by atoms with E-state index < -0.39 is 0 Å². The van der Waals surface area contributed by atoms with E-state index in [9.17, 15) is 0 Å². The maximum Gasteiger partial charge on any atom is 0.170 e. The van der Waals surface area contributed by atoms with Crippen molar-refractivity contribution in [2.75, 3.05) is 13.1 Å². The van der Waals surface area contributed by atoms with Gasteiger partial charge in [-0.1, -0.05) is 18.5 Å². The smallest absolute Gasteiger partial charge is 0.170 e. The third-order valence-corrected chi connectivity index (χ3v) is 3.96. The molecule has 1 aromatic heterocycles. The Morgan fingerprint density at radius 1 is 1.30 bits per heavy atom. The molecule has 1 atom stereocenters. The first kappa shape index (κ1) is 13.5. The van der Waals surface area contributed by atoms with E-state index in [1.54, 1.807) is 4.68 Å². The van der Waals surface area contributed by atoms with Gasteiger partial charge in [-0.15, -0.1) is 5.10 Å². The Hall–Kier alpha value is -1.46. The van der Waals surface area contributed by atoms with E-state index >= 15 is 0 Å². The van der Waals surface area contributed by atoms with Gasteiger partial charge in [0, 0.05) is 11.6 Å². The lowest BCUT2D eigenvalue weighted by atomic mass is 10.0. The van der Waals surface area contributed by atoms with Crippen LogP contribution in [0.3, 0.4) is 0 Å². The highest BCUT2D eigenvalue weighted by Gasteiger charge is 2.19. The van der Waals surface area contributed by atoms with Crippen LogP contribution in [0.15, 0.2) is 24.3 Å². The van der Waals surface area contributed by atoms with Crippen LogP contribution in [-0.4, -0.2) is 38.2 Å². The summed E-state index contributed by atoms with van der Waals surface area (Å²) in [6, 6.07) is 7.57. The number of hydrogen-bond donors (Lipinski definition) is 0. The minimum Gasteiger partial charge on any atom is -0.296 e. The Kier molecular flexibility index (Phi) is 3.98. The lowest BCUT2D eigenvalue weighted by molar-refractivity contribution is 0.171. The highest BCUT2D eigenvalue weighted by molar-refractivity contribution is 6.30. The van der Waals surface area contributed by atoms with Crippen molar-refractivity contribution in [2.45, 2.75) is 26.3 Å². The molecule has 20 heavy (non-hydrogen) atoms. The van der Waals surface area contributed by atoms with Gasteiger partial charge in [-0.25, -0.2) is 0 Å². The van der Waals surface area contributed by atoms with Crippen molar-refractivity contribution in [3.8, 4) is 5.69 Å². The maximum atomic E-state index is 5.92. The molecule has 0 radical (unpaired) electrons. The Balaban J connectivity index is 1.78. The summed E-state index contributed by atoms with van der Waals surface area (Å²) in [5, 5.41) is 12.8. The number of hydrogen-bond acceptors (Lipinski definition) is 4. The first-order valence-corrected chi connectivity index (χ1v) is 7.36.